The summed E-state index contributed by atoms with van der Waals surface area (Å²) in [6.07, 6.45) is 7.48. The van der Waals surface area contributed by atoms with Crippen LogP contribution in [0, 0.1) is 0 Å². The van der Waals surface area contributed by atoms with Crippen molar-refractivity contribution in [3.63, 3.8) is 0 Å². The minimum atomic E-state index is 0.662. The number of halogens is 1. The van der Waals surface area contributed by atoms with E-state index in [2.05, 4.69) is 49.9 Å². The van der Waals surface area contributed by atoms with Gasteiger partial charge in [0.05, 0.1) is 11.7 Å². The van der Waals surface area contributed by atoms with E-state index in [0.29, 0.717) is 6.04 Å². The first-order chi connectivity index (χ1) is 7.79. The van der Waals surface area contributed by atoms with E-state index in [1.807, 2.05) is 0 Å². The number of hydrogen-bond donors (Lipinski definition) is 0. The zero-order valence-corrected chi connectivity index (χ0v) is 11.5. The Kier molecular flexibility index (Phi) is 4.41. The lowest BCUT2D eigenvalue weighted by molar-refractivity contribution is 0.340. The van der Waals surface area contributed by atoms with E-state index in [4.69, 9.17) is 0 Å². The van der Waals surface area contributed by atoms with E-state index in [9.17, 15) is 0 Å². The molecule has 16 heavy (non-hydrogen) atoms. The summed E-state index contributed by atoms with van der Waals surface area (Å²) in [6.45, 7) is 2.02. The Labute approximate surface area is 106 Å². The second-order valence-corrected chi connectivity index (χ2v) is 5.45. The van der Waals surface area contributed by atoms with Crippen LogP contribution in [-0.4, -0.2) is 33.6 Å². The molecule has 0 radical (unpaired) electrons. The molecule has 1 aliphatic rings. The molecule has 1 saturated carbocycles. The Morgan fingerprint density at radius 1 is 1.50 bits per heavy atom. The van der Waals surface area contributed by atoms with Crippen LogP contribution in [-0.2, 0) is 6.54 Å². The molecule has 0 N–H and O–H groups in total. The van der Waals surface area contributed by atoms with E-state index < -0.39 is 0 Å². The summed E-state index contributed by atoms with van der Waals surface area (Å²) >= 11 is 3.46. The Morgan fingerprint density at radius 3 is 2.94 bits per heavy atom. The van der Waals surface area contributed by atoms with Crippen LogP contribution in [0.3, 0.4) is 0 Å². The summed E-state index contributed by atoms with van der Waals surface area (Å²) in [5.74, 6) is 0. The van der Waals surface area contributed by atoms with Gasteiger partial charge < -0.3 is 0 Å². The molecule has 1 aromatic rings. The van der Waals surface area contributed by atoms with E-state index in [1.54, 1.807) is 0 Å². The Bertz CT molecular complexity index is 318. The van der Waals surface area contributed by atoms with Gasteiger partial charge in [-0.3, -0.25) is 9.58 Å². The molecule has 1 fully saturated rings. The van der Waals surface area contributed by atoms with Gasteiger partial charge in [0.25, 0.3) is 0 Å². The maximum absolute atomic E-state index is 4.67. The predicted octanol–water partition coefficient (Wildman–Crippen LogP) is 2.82. The van der Waals surface area contributed by atoms with Gasteiger partial charge in [0.15, 0.2) is 0 Å². The zero-order chi connectivity index (χ0) is 11.4. The lowest BCUT2D eigenvalue weighted by Crippen LogP contribution is -2.20. The molecule has 0 unspecified atom stereocenters. The van der Waals surface area contributed by atoms with E-state index >= 15 is 0 Å². The summed E-state index contributed by atoms with van der Waals surface area (Å²) in [7, 11) is 2.13. The molecule has 0 bridgehead atoms. The monoisotopic (exact) mass is 285 g/mol. The third-order valence-corrected chi connectivity index (χ3v) is 3.62. The average Bonchev–Trinajstić information content (AvgIpc) is 2.86. The second kappa shape index (κ2) is 5.82. The predicted molar refractivity (Wildman–Crippen MR) is 69.9 cm³/mol. The zero-order valence-electron chi connectivity index (χ0n) is 9.90. The number of nitrogens with zero attached hydrogens (tertiary/aromatic N) is 3. The number of alkyl halides is 1. The molecule has 4 heteroatoms. The highest BCUT2D eigenvalue weighted by atomic mass is 79.9. The molecule has 0 aromatic carbocycles. The fraction of sp³-hybridized carbons (Fsp3) is 0.750. The van der Waals surface area contributed by atoms with Gasteiger partial charge in [-0.05, 0) is 26.0 Å². The van der Waals surface area contributed by atoms with E-state index in [1.165, 1.54) is 31.4 Å². The third-order valence-electron chi connectivity index (χ3n) is 3.26. The highest BCUT2D eigenvalue weighted by Gasteiger charge is 2.17. The first-order valence-corrected chi connectivity index (χ1v) is 7.20. The summed E-state index contributed by atoms with van der Waals surface area (Å²) in [5.41, 5.74) is 1.19. The Hall–Kier alpha value is -0.350. The van der Waals surface area contributed by atoms with Gasteiger partial charge in [0, 0.05) is 24.6 Å². The minimum Gasteiger partial charge on any atom is -0.300 e. The van der Waals surface area contributed by atoms with Crippen LogP contribution in [0.25, 0.3) is 0 Å². The summed E-state index contributed by atoms with van der Waals surface area (Å²) < 4.78 is 2.17. The quantitative estimate of drug-likeness (QED) is 0.776. The van der Waals surface area contributed by atoms with Crippen molar-refractivity contribution in [1.29, 1.82) is 0 Å². The molecule has 2 rings (SSSR count). The Morgan fingerprint density at radius 2 is 2.25 bits per heavy atom. The van der Waals surface area contributed by atoms with Crippen LogP contribution in [0.2, 0.25) is 0 Å². The molecule has 1 aliphatic carbocycles. The van der Waals surface area contributed by atoms with Crippen molar-refractivity contribution in [2.45, 2.75) is 38.3 Å². The molecule has 90 valence electrons. The number of aromatic nitrogens is 2. The van der Waals surface area contributed by atoms with Crippen LogP contribution in [0.4, 0.5) is 0 Å². The van der Waals surface area contributed by atoms with Crippen molar-refractivity contribution in [3.05, 3.63) is 18.0 Å². The van der Waals surface area contributed by atoms with Crippen molar-refractivity contribution < 1.29 is 0 Å². The van der Waals surface area contributed by atoms with Crippen molar-refractivity contribution in [3.8, 4) is 0 Å². The normalized spacial score (nSPS) is 17.4. The van der Waals surface area contributed by atoms with Gasteiger partial charge in [-0.1, -0.05) is 28.8 Å². The highest BCUT2D eigenvalue weighted by Crippen LogP contribution is 2.28. The molecule has 1 heterocycles. The van der Waals surface area contributed by atoms with Crippen LogP contribution in [0.5, 0.6) is 0 Å². The molecule has 0 aliphatic heterocycles. The van der Waals surface area contributed by atoms with Crippen molar-refractivity contribution in [2.75, 3.05) is 18.9 Å². The largest absolute Gasteiger partial charge is 0.300 e. The smallest absolute Gasteiger partial charge is 0.0764 e. The third kappa shape index (κ3) is 3.08. The van der Waals surface area contributed by atoms with Gasteiger partial charge in [0.1, 0.15) is 0 Å². The standard InChI is InChI=1S/C12H20BrN3/c1-15(9-7-13)10-11-6-8-16(14-11)12-4-2-3-5-12/h6,8,12H,2-5,7,9-10H2,1H3. The van der Waals surface area contributed by atoms with Crippen LogP contribution in [0.15, 0.2) is 12.3 Å². The maximum Gasteiger partial charge on any atom is 0.0764 e. The molecule has 1 aromatic heterocycles. The lowest BCUT2D eigenvalue weighted by atomic mass is 10.3. The van der Waals surface area contributed by atoms with Gasteiger partial charge in [-0.15, -0.1) is 0 Å². The molecular formula is C12H20BrN3. The molecule has 0 spiro atoms. The topological polar surface area (TPSA) is 21.1 Å². The molecular weight excluding hydrogens is 266 g/mol. The molecule has 3 nitrogen and oxygen atoms in total. The minimum absolute atomic E-state index is 0.662. The van der Waals surface area contributed by atoms with Crippen LogP contribution >= 0.6 is 15.9 Å². The van der Waals surface area contributed by atoms with Gasteiger partial charge in [0.2, 0.25) is 0 Å². The van der Waals surface area contributed by atoms with Gasteiger partial charge in [-0.25, -0.2) is 0 Å². The van der Waals surface area contributed by atoms with Crippen molar-refractivity contribution in [1.82, 2.24) is 14.7 Å². The maximum atomic E-state index is 4.67. The first kappa shape index (κ1) is 12.1. The lowest BCUT2D eigenvalue weighted by Gasteiger charge is -2.13. The highest BCUT2D eigenvalue weighted by molar-refractivity contribution is 9.09. The van der Waals surface area contributed by atoms with Crippen molar-refractivity contribution in [2.24, 2.45) is 0 Å². The van der Waals surface area contributed by atoms with Crippen LogP contribution in [0.1, 0.15) is 37.4 Å². The summed E-state index contributed by atoms with van der Waals surface area (Å²) in [4.78, 5) is 2.29. The number of rotatable bonds is 5. The number of hydrogen-bond acceptors (Lipinski definition) is 2. The van der Waals surface area contributed by atoms with Gasteiger partial charge >= 0.3 is 0 Å². The van der Waals surface area contributed by atoms with E-state index in [0.717, 1.165) is 18.4 Å². The summed E-state index contributed by atoms with van der Waals surface area (Å²) in [6, 6.07) is 2.82. The summed E-state index contributed by atoms with van der Waals surface area (Å²) in [5, 5.41) is 5.69. The fourth-order valence-corrected chi connectivity index (χ4v) is 2.94. The van der Waals surface area contributed by atoms with Gasteiger partial charge in [-0.2, -0.15) is 5.10 Å². The van der Waals surface area contributed by atoms with Crippen LogP contribution < -0.4 is 0 Å². The molecule has 0 amide bonds. The fourth-order valence-electron chi connectivity index (χ4n) is 2.33. The second-order valence-electron chi connectivity index (χ2n) is 4.65. The molecule has 0 saturated heterocycles. The first-order valence-electron chi connectivity index (χ1n) is 6.08. The molecule has 0 atom stereocenters. The van der Waals surface area contributed by atoms with E-state index in [-0.39, 0.29) is 0 Å². The Balaban J connectivity index is 1.91. The SMILES string of the molecule is CN(CCBr)Cc1ccn(C2CCCC2)n1. The van der Waals surface area contributed by atoms with Crippen molar-refractivity contribution >= 4 is 15.9 Å². The average molecular weight is 286 g/mol.